The molecular formula is C11H13BrFNO3S. The zero-order valence-corrected chi connectivity index (χ0v) is 11.9. The number of nitrogens with one attached hydrogen (secondary N) is 1. The number of anilines is 1. The third-order valence-corrected chi connectivity index (χ3v) is 5.30. The zero-order chi connectivity index (χ0) is 13.2. The van der Waals surface area contributed by atoms with E-state index < -0.39 is 21.1 Å². The van der Waals surface area contributed by atoms with Gasteiger partial charge in [-0.3, -0.25) is 4.72 Å². The molecule has 0 radical (unpaired) electrons. The molecular weight excluding hydrogens is 325 g/mol. The molecule has 0 aliphatic carbocycles. The second-order valence-corrected chi connectivity index (χ2v) is 6.90. The van der Waals surface area contributed by atoms with Crippen molar-refractivity contribution in [3.63, 3.8) is 0 Å². The maximum Gasteiger partial charge on any atom is 0.235 e. The van der Waals surface area contributed by atoms with E-state index in [9.17, 15) is 12.8 Å². The van der Waals surface area contributed by atoms with E-state index in [0.29, 0.717) is 36.2 Å². The van der Waals surface area contributed by atoms with E-state index in [1.807, 2.05) is 0 Å². The molecule has 0 spiro atoms. The fraction of sp³-hybridized carbons (Fsp3) is 0.455. The Morgan fingerprint density at radius 3 is 2.61 bits per heavy atom. The van der Waals surface area contributed by atoms with Gasteiger partial charge in [-0.15, -0.1) is 0 Å². The summed E-state index contributed by atoms with van der Waals surface area (Å²) >= 11 is 3.13. The molecule has 0 atom stereocenters. The maximum atomic E-state index is 12.9. The first-order valence-corrected chi connectivity index (χ1v) is 7.87. The molecule has 1 saturated heterocycles. The van der Waals surface area contributed by atoms with Gasteiger partial charge in [0, 0.05) is 17.7 Å². The van der Waals surface area contributed by atoms with E-state index in [2.05, 4.69) is 20.7 Å². The van der Waals surface area contributed by atoms with E-state index in [1.54, 1.807) is 0 Å². The van der Waals surface area contributed by atoms with Gasteiger partial charge in [-0.1, -0.05) is 0 Å². The molecule has 1 aromatic rings. The van der Waals surface area contributed by atoms with E-state index in [1.165, 1.54) is 18.2 Å². The largest absolute Gasteiger partial charge is 0.381 e. The lowest BCUT2D eigenvalue weighted by atomic mass is 10.2. The van der Waals surface area contributed by atoms with Crippen LogP contribution in [0.1, 0.15) is 12.8 Å². The monoisotopic (exact) mass is 337 g/mol. The summed E-state index contributed by atoms with van der Waals surface area (Å²) in [5.74, 6) is -0.420. The number of hydrogen-bond acceptors (Lipinski definition) is 3. The molecule has 0 unspecified atom stereocenters. The summed E-state index contributed by atoms with van der Waals surface area (Å²) in [6.07, 6.45) is 0.961. The van der Waals surface area contributed by atoms with Crippen LogP contribution in [0.3, 0.4) is 0 Å². The first kappa shape index (κ1) is 13.8. The molecule has 0 aromatic heterocycles. The van der Waals surface area contributed by atoms with Gasteiger partial charge in [0.05, 0.1) is 10.9 Å². The van der Waals surface area contributed by atoms with Crippen LogP contribution in [0.15, 0.2) is 22.7 Å². The van der Waals surface area contributed by atoms with Gasteiger partial charge in [0.2, 0.25) is 10.0 Å². The molecule has 0 amide bonds. The van der Waals surface area contributed by atoms with Crippen LogP contribution in [0.4, 0.5) is 10.1 Å². The van der Waals surface area contributed by atoms with Gasteiger partial charge in [-0.2, -0.15) is 0 Å². The molecule has 100 valence electrons. The zero-order valence-electron chi connectivity index (χ0n) is 9.53. The molecule has 1 aliphatic rings. The fourth-order valence-corrected chi connectivity index (χ4v) is 3.84. The second kappa shape index (κ2) is 5.54. The van der Waals surface area contributed by atoms with E-state index in [0.717, 1.165) is 0 Å². The van der Waals surface area contributed by atoms with Crippen LogP contribution in [0.5, 0.6) is 0 Å². The lowest BCUT2D eigenvalue weighted by Crippen LogP contribution is -2.33. The predicted octanol–water partition coefficient (Wildman–Crippen LogP) is 2.51. The van der Waals surface area contributed by atoms with Crippen LogP contribution in [0, 0.1) is 5.82 Å². The molecule has 1 N–H and O–H groups in total. The summed E-state index contributed by atoms with van der Waals surface area (Å²) in [4.78, 5) is 0. The number of sulfonamides is 1. The first-order chi connectivity index (χ1) is 8.49. The highest BCUT2D eigenvalue weighted by Gasteiger charge is 2.28. The van der Waals surface area contributed by atoms with Gasteiger partial charge >= 0.3 is 0 Å². The summed E-state index contributed by atoms with van der Waals surface area (Å²) in [5.41, 5.74) is 0.350. The first-order valence-electron chi connectivity index (χ1n) is 5.53. The van der Waals surface area contributed by atoms with Crippen LogP contribution < -0.4 is 4.72 Å². The topological polar surface area (TPSA) is 55.4 Å². The van der Waals surface area contributed by atoms with E-state index in [4.69, 9.17) is 4.74 Å². The summed E-state index contributed by atoms with van der Waals surface area (Å²) < 4.78 is 45.1. The quantitative estimate of drug-likeness (QED) is 0.921. The molecule has 2 rings (SSSR count). The second-order valence-electron chi connectivity index (χ2n) is 4.08. The van der Waals surface area contributed by atoms with Crippen molar-refractivity contribution in [3.8, 4) is 0 Å². The molecule has 0 saturated carbocycles. The van der Waals surface area contributed by atoms with Crippen LogP contribution in [0.2, 0.25) is 0 Å². The van der Waals surface area contributed by atoms with Gasteiger partial charge in [0.1, 0.15) is 5.82 Å². The highest BCUT2D eigenvalue weighted by Crippen LogP contribution is 2.26. The highest BCUT2D eigenvalue weighted by molar-refractivity contribution is 9.10. The van der Waals surface area contributed by atoms with E-state index in [-0.39, 0.29) is 0 Å². The SMILES string of the molecule is O=S(=O)(Nc1ccc(F)cc1Br)C1CCOCC1. The number of hydrogen-bond donors (Lipinski definition) is 1. The van der Waals surface area contributed by atoms with Gasteiger partial charge < -0.3 is 4.74 Å². The normalized spacial score (nSPS) is 17.7. The lowest BCUT2D eigenvalue weighted by Gasteiger charge is -2.23. The number of rotatable bonds is 3. The summed E-state index contributed by atoms with van der Waals surface area (Å²) in [7, 11) is -3.45. The van der Waals surface area contributed by atoms with Gasteiger partial charge in [0.15, 0.2) is 0 Å². The van der Waals surface area contributed by atoms with Crippen molar-refractivity contribution in [1.29, 1.82) is 0 Å². The van der Waals surface area contributed by atoms with Crippen molar-refractivity contribution in [2.75, 3.05) is 17.9 Å². The van der Waals surface area contributed by atoms with Gasteiger partial charge in [-0.05, 0) is 47.0 Å². The molecule has 0 bridgehead atoms. The lowest BCUT2D eigenvalue weighted by molar-refractivity contribution is 0.0984. The van der Waals surface area contributed by atoms with Crippen molar-refractivity contribution < 1.29 is 17.5 Å². The minimum absolute atomic E-state index is 0.350. The van der Waals surface area contributed by atoms with Crippen LogP contribution in [-0.4, -0.2) is 26.9 Å². The Hall–Kier alpha value is -0.660. The Bertz CT molecular complexity index is 529. The molecule has 7 heteroatoms. The number of ether oxygens (including phenoxy) is 1. The van der Waals surface area contributed by atoms with Gasteiger partial charge in [0.25, 0.3) is 0 Å². The number of halogens is 2. The average Bonchev–Trinajstić information content (AvgIpc) is 2.34. The van der Waals surface area contributed by atoms with Crippen molar-refractivity contribution in [2.45, 2.75) is 18.1 Å². The Morgan fingerprint density at radius 2 is 2.00 bits per heavy atom. The summed E-state index contributed by atoms with van der Waals surface area (Å²) in [6.45, 7) is 0.909. The minimum atomic E-state index is -3.45. The molecule has 1 aromatic carbocycles. The third-order valence-electron chi connectivity index (χ3n) is 2.79. The smallest absolute Gasteiger partial charge is 0.235 e. The molecule has 1 aliphatic heterocycles. The molecule has 4 nitrogen and oxygen atoms in total. The Morgan fingerprint density at radius 1 is 1.33 bits per heavy atom. The van der Waals surface area contributed by atoms with E-state index >= 15 is 0 Å². The van der Waals surface area contributed by atoms with Crippen LogP contribution in [-0.2, 0) is 14.8 Å². The third kappa shape index (κ3) is 3.21. The highest BCUT2D eigenvalue weighted by atomic mass is 79.9. The van der Waals surface area contributed by atoms with Gasteiger partial charge in [-0.25, -0.2) is 12.8 Å². The van der Waals surface area contributed by atoms with Crippen LogP contribution in [0.25, 0.3) is 0 Å². The Labute approximate surface area is 114 Å². The molecule has 1 fully saturated rings. The van der Waals surface area contributed by atoms with Crippen molar-refractivity contribution >= 4 is 31.6 Å². The summed E-state index contributed by atoms with van der Waals surface area (Å²) in [6, 6.07) is 3.84. The minimum Gasteiger partial charge on any atom is -0.381 e. The Balaban J connectivity index is 2.16. The summed E-state index contributed by atoms with van der Waals surface area (Å²) in [5, 5.41) is -0.455. The Kier molecular flexibility index (Phi) is 4.24. The number of benzene rings is 1. The average molecular weight is 338 g/mol. The van der Waals surface area contributed by atoms with Crippen molar-refractivity contribution in [2.24, 2.45) is 0 Å². The van der Waals surface area contributed by atoms with Crippen molar-refractivity contribution in [3.05, 3.63) is 28.5 Å². The predicted molar refractivity (Wildman–Crippen MR) is 70.5 cm³/mol. The standard InChI is InChI=1S/C11H13BrFNO3S/c12-10-7-8(13)1-2-11(10)14-18(15,16)9-3-5-17-6-4-9/h1-2,7,9,14H,3-6H2. The van der Waals surface area contributed by atoms with Crippen LogP contribution >= 0.6 is 15.9 Å². The van der Waals surface area contributed by atoms with Crippen molar-refractivity contribution in [1.82, 2.24) is 0 Å². The maximum absolute atomic E-state index is 12.9. The molecule has 1 heterocycles. The molecule has 18 heavy (non-hydrogen) atoms. The fourth-order valence-electron chi connectivity index (χ4n) is 1.80.